The molecule has 1 aliphatic heterocycles. The molecule has 1 amide bonds. The molecule has 0 saturated carbocycles. The summed E-state index contributed by atoms with van der Waals surface area (Å²) in [5, 5.41) is 2.77. The van der Waals surface area contributed by atoms with Crippen molar-refractivity contribution in [2.75, 3.05) is 20.3 Å². The minimum absolute atomic E-state index is 0.0738. The Bertz CT molecular complexity index is 398. The molecule has 2 rings (SSSR count). The second-order valence-corrected chi connectivity index (χ2v) is 4.35. The smallest absolute Gasteiger partial charge is 0.246 e. The van der Waals surface area contributed by atoms with Crippen LogP contribution in [0.4, 0.5) is 0 Å². The molecular weight excluding hydrogens is 274 g/mol. The number of ether oxygens (including phenoxy) is 2. The molecule has 1 heterocycles. The molecule has 0 spiro atoms. The number of hydrogen-bond acceptors (Lipinski definition) is 3. The van der Waals surface area contributed by atoms with Crippen LogP contribution in [-0.2, 0) is 9.53 Å². The summed E-state index contributed by atoms with van der Waals surface area (Å²) in [6, 6.07) is 5.69. The summed E-state index contributed by atoms with van der Waals surface area (Å²) in [7, 11) is 1.62. The van der Waals surface area contributed by atoms with Gasteiger partial charge in [0.05, 0.1) is 7.11 Å². The maximum absolute atomic E-state index is 11.0. The predicted octanol–water partition coefficient (Wildman–Crippen LogP) is 1.65. The average Bonchev–Trinajstić information content (AvgIpc) is 2.31. The van der Waals surface area contributed by atoms with Crippen LogP contribution < -0.4 is 10.1 Å². The summed E-state index contributed by atoms with van der Waals surface area (Å²) in [6.07, 6.45) is -0.123. The number of nitrogens with one attached hydrogen (secondary N) is 1. The third-order valence-electron chi connectivity index (χ3n) is 2.45. The Morgan fingerprint density at radius 2 is 2.38 bits per heavy atom. The standard InChI is InChI=1S/C11H12BrNO3/c1-15-7-2-3-9(12)8(4-7)10-5-13-11(14)6-16-10/h2-4,10H,5-6H2,1H3,(H,13,14)/t10-/m0/s1. The number of carbonyl (C=O) groups is 1. The number of methoxy groups -OCH3 is 1. The van der Waals surface area contributed by atoms with Crippen molar-refractivity contribution in [1.29, 1.82) is 0 Å². The van der Waals surface area contributed by atoms with E-state index in [-0.39, 0.29) is 18.6 Å². The van der Waals surface area contributed by atoms with Crippen LogP contribution in [0.15, 0.2) is 22.7 Å². The Balaban J connectivity index is 2.22. The molecule has 5 heteroatoms. The van der Waals surface area contributed by atoms with Crippen molar-refractivity contribution >= 4 is 21.8 Å². The van der Waals surface area contributed by atoms with Crippen molar-refractivity contribution in [2.45, 2.75) is 6.10 Å². The van der Waals surface area contributed by atoms with E-state index in [4.69, 9.17) is 9.47 Å². The second kappa shape index (κ2) is 4.84. The monoisotopic (exact) mass is 285 g/mol. The van der Waals surface area contributed by atoms with E-state index < -0.39 is 0 Å². The van der Waals surface area contributed by atoms with Gasteiger partial charge in [-0.1, -0.05) is 15.9 Å². The Morgan fingerprint density at radius 1 is 1.56 bits per heavy atom. The van der Waals surface area contributed by atoms with Gasteiger partial charge in [-0.15, -0.1) is 0 Å². The average molecular weight is 286 g/mol. The highest BCUT2D eigenvalue weighted by Crippen LogP contribution is 2.30. The lowest BCUT2D eigenvalue weighted by atomic mass is 10.1. The van der Waals surface area contributed by atoms with E-state index in [0.29, 0.717) is 6.54 Å². The molecule has 1 saturated heterocycles. The third-order valence-corrected chi connectivity index (χ3v) is 3.17. The van der Waals surface area contributed by atoms with E-state index in [9.17, 15) is 4.79 Å². The van der Waals surface area contributed by atoms with Crippen molar-refractivity contribution in [2.24, 2.45) is 0 Å². The molecular formula is C11H12BrNO3. The number of rotatable bonds is 2. The number of hydrogen-bond donors (Lipinski definition) is 1. The normalized spacial score (nSPS) is 20.4. The van der Waals surface area contributed by atoms with Gasteiger partial charge in [0.2, 0.25) is 5.91 Å². The van der Waals surface area contributed by atoms with Gasteiger partial charge < -0.3 is 14.8 Å². The summed E-state index contributed by atoms with van der Waals surface area (Å²) in [4.78, 5) is 11.0. The molecule has 4 nitrogen and oxygen atoms in total. The van der Waals surface area contributed by atoms with E-state index in [1.54, 1.807) is 7.11 Å². The molecule has 1 fully saturated rings. The number of morpholine rings is 1. The molecule has 1 aromatic carbocycles. The first-order valence-electron chi connectivity index (χ1n) is 4.92. The zero-order chi connectivity index (χ0) is 11.5. The van der Waals surface area contributed by atoms with Crippen LogP contribution in [0.25, 0.3) is 0 Å². The van der Waals surface area contributed by atoms with Crippen LogP contribution in [0.3, 0.4) is 0 Å². The van der Waals surface area contributed by atoms with Gasteiger partial charge in [-0.2, -0.15) is 0 Å². The largest absolute Gasteiger partial charge is 0.497 e. The van der Waals surface area contributed by atoms with E-state index in [1.165, 1.54) is 0 Å². The molecule has 1 aliphatic rings. The highest BCUT2D eigenvalue weighted by atomic mass is 79.9. The van der Waals surface area contributed by atoms with Crippen molar-refractivity contribution in [3.8, 4) is 5.75 Å². The van der Waals surface area contributed by atoms with Crippen molar-refractivity contribution in [3.05, 3.63) is 28.2 Å². The number of amides is 1. The van der Waals surface area contributed by atoms with Gasteiger partial charge >= 0.3 is 0 Å². The van der Waals surface area contributed by atoms with Gasteiger partial charge in [0.1, 0.15) is 18.5 Å². The summed E-state index contributed by atoms with van der Waals surface area (Å²) >= 11 is 3.46. The number of halogens is 1. The highest BCUT2D eigenvalue weighted by Gasteiger charge is 2.22. The van der Waals surface area contributed by atoms with Gasteiger partial charge in [-0.3, -0.25) is 4.79 Å². The van der Waals surface area contributed by atoms with Crippen molar-refractivity contribution in [1.82, 2.24) is 5.32 Å². The Morgan fingerprint density at radius 3 is 3.00 bits per heavy atom. The third kappa shape index (κ3) is 2.36. The van der Waals surface area contributed by atoms with Crippen LogP contribution in [0.2, 0.25) is 0 Å². The van der Waals surface area contributed by atoms with Crippen molar-refractivity contribution in [3.63, 3.8) is 0 Å². The molecule has 0 aromatic heterocycles. The Labute approximate surface area is 102 Å². The first kappa shape index (κ1) is 11.4. The van der Waals surface area contributed by atoms with Crippen LogP contribution >= 0.6 is 15.9 Å². The summed E-state index contributed by atoms with van der Waals surface area (Å²) in [5.74, 6) is 0.703. The summed E-state index contributed by atoms with van der Waals surface area (Å²) < 4.78 is 11.6. The summed E-state index contributed by atoms with van der Waals surface area (Å²) in [6.45, 7) is 0.596. The Hall–Kier alpha value is -1.07. The summed E-state index contributed by atoms with van der Waals surface area (Å²) in [5.41, 5.74) is 0.986. The zero-order valence-corrected chi connectivity index (χ0v) is 10.4. The van der Waals surface area contributed by atoms with Crippen LogP contribution in [-0.4, -0.2) is 26.2 Å². The van der Waals surface area contributed by atoms with E-state index in [1.807, 2.05) is 18.2 Å². The number of carbonyl (C=O) groups excluding carboxylic acids is 1. The molecule has 1 N–H and O–H groups in total. The molecule has 1 aromatic rings. The van der Waals surface area contributed by atoms with Gasteiger partial charge in [-0.05, 0) is 18.2 Å². The fourth-order valence-corrected chi connectivity index (χ4v) is 2.09. The fraction of sp³-hybridized carbons (Fsp3) is 0.364. The predicted molar refractivity (Wildman–Crippen MR) is 62.4 cm³/mol. The Kier molecular flexibility index (Phi) is 3.46. The zero-order valence-electron chi connectivity index (χ0n) is 8.83. The number of benzene rings is 1. The molecule has 0 bridgehead atoms. The molecule has 0 unspecified atom stereocenters. The molecule has 16 heavy (non-hydrogen) atoms. The maximum Gasteiger partial charge on any atom is 0.246 e. The van der Waals surface area contributed by atoms with Crippen molar-refractivity contribution < 1.29 is 14.3 Å². The molecule has 86 valence electrons. The quantitative estimate of drug-likeness (QED) is 0.899. The van der Waals surface area contributed by atoms with Crippen LogP contribution in [0, 0.1) is 0 Å². The van der Waals surface area contributed by atoms with E-state index in [0.717, 1.165) is 15.8 Å². The maximum atomic E-state index is 11.0. The molecule has 0 aliphatic carbocycles. The first-order valence-corrected chi connectivity index (χ1v) is 5.71. The van der Waals surface area contributed by atoms with Gasteiger partial charge in [-0.25, -0.2) is 0 Å². The second-order valence-electron chi connectivity index (χ2n) is 3.49. The first-order chi connectivity index (χ1) is 7.70. The topological polar surface area (TPSA) is 47.6 Å². The minimum Gasteiger partial charge on any atom is -0.497 e. The lowest BCUT2D eigenvalue weighted by Gasteiger charge is -2.24. The van der Waals surface area contributed by atoms with E-state index >= 15 is 0 Å². The van der Waals surface area contributed by atoms with E-state index in [2.05, 4.69) is 21.2 Å². The SMILES string of the molecule is COc1ccc(Br)c([C@@H]2CNC(=O)CO2)c1. The lowest BCUT2D eigenvalue weighted by molar-refractivity contribution is -0.133. The van der Waals surface area contributed by atoms with Crippen LogP contribution in [0.1, 0.15) is 11.7 Å². The van der Waals surface area contributed by atoms with Gasteiger partial charge in [0, 0.05) is 16.6 Å². The lowest BCUT2D eigenvalue weighted by Crippen LogP contribution is -2.38. The van der Waals surface area contributed by atoms with Crippen LogP contribution in [0.5, 0.6) is 5.75 Å². The van der Waals surface area contributed by atoms with Gasteiger partial charge in [0.25, 0.3) is 0 Å². The minimum atomic E-state index is -0.123. The fourth-order valence-electron chi connectivity index (χ4n) is 1.59. The molecule has 1 atom stereocenters. The van der Waals surface area contributed by atoms with Gasteiger partial charge in [0.15, 0.2) is 0 Å². The molecule has 0 radical (unpaired) electrons. The highest BCUT2D eigenvalue weighted by molar-refractivity contribution is 9.10.